The molecule has 0 spiro atoms. The zero-order chi connectivity index (χ0) is 21.6. The van der Waals surface area contributed by atoms with E-state index in [1.807, 2.05) is 19.1 Å². The van der Waals surface area contributed by atoms with Crippen molar-refractivity contribution in [3.63, 3.8) is 0 Å². The Balaban J connectivity index is 2.39. The fourth-order valence-corrected chi connectivity index (χ4v) is 3.90. The molecule has 0 saturated carbocycles. The summed E-state index contributed by atoms with van der Waals surface area (Å²) < 4.78 is 34.0. The lowest BCUT2D eigenvalue weighted by atomic mass is 10.1. The van der Waals surface area contributed by atoms with Crippen LogP contribution >= 0.6 is 0 Å². The fraction of sp³-hybridized carbons (Fsp3) is 0.409. The number of carbonyl (C=O) groups is 1. The van der Waals surface area contributed by atoms with Crippen LogP contribution in [0.4, 0.5) is 11.4 Å². The van der Waals surface area contributed by atoms with Gasteiger partial charge in [0.15, 0.2) is 0 Å². The van der Waals surface area contributed by atoms with Crippen molar-refractivity contribution in [2.24, 2.45) is 5.92 Å². The first-order valence-electron chi connectivity index (χ1n) is 9.77. The molecule has 2 aromatic carbocycles. The monoisotopic (exact) mass is 418 g/mol. The Morgan fingerprint density at radius 2 is 1.69 bits per heavy atom. The average Bonchev–Trinajstić information content (AvgIpc) is 2.62. The van der Waals surface area contributed by atoms with Gasteiger partial charge in [-0.1, -0.05) is 31.5 Å². The highest BCUT2D eigenvalue weighted by Crippen LogP contribution is 2.26. The number of sulfonamides is 1. The summed E-state index contributed by atoms with van der Waals surface area (Å²) in [6.07, 6.45) is 0.597. The standard InChI is InChI=1S/C22H30N2O4S/c1-15(2)12-13-23-20-11-8-18(22(25)28-16(3)4)14-21(20)29(26,27)24-19-9-6-17(5)7-10-19/h6-11,14-16,23-24H,12-13H2,1-5H3. The first kappa shape index (κ1) is 22.7. The third-order valence-electron chi connectivity index (χ3n) is 4.19. The molecule has 0 amide bonds. The van der Waals surface area contributed by atoms with Gasteiger partial charge >= 0.3 is 5.97 Å². The van der Waals surface area contributed by atoms with Gasteiger partial charge in [-0.3, -0.25) is 4.72 Å². The maximum Gasteiger partial charge on any atom is 0.338 e. The van der Waals surface area contributed by atoms with Crippen molar-refractivity contribution in [3.8, 4) is 0 Å². The van der Waals surface area contributed by atoms with Crippen LogP contribution in [0, 0.1) is 12.8 Å². The molecule has 0 fully saturated rings. The Kier molecular flexibility index (Phi) is 7.67. The predicted octanol–water partition coefficient (Wildman–Crippen LogP) is 4.82. The molecule has 0 aromatic heterocycles. The van der Waals surface area contributed by atoms with Crippen molar-refractivity contribution in [2.75, 3.05) is 16.6 Å². The molecular formula is C22H30N2O4S. The van der Waals surface area contributed by atoms with Gasteiger partial charge in [-0.25, -0.2) is 13.2 Å². The molecule has 0 heterocycles. The van der Waals surface area contributed by atoms with E-state index in [1.54, 1.807) is 38.1 Å². The maximum absolute atomic E-state index is 13.1. The lowest BCUT2D eigenvalue weighted by Crippen LogP contribution is -2.18. The molecule has 0 bridgehead atoms. The second kappa shape index (κ2) is 9.78. The lowest BCUT2D eigenvalue weighted by Gasteiger charge is -2.16. The summed E-state index contributed by atoms with van der Waals surface area (Å²) in [5.74, 6) is -0.0750. The quantitative estimate of drug-likeness (QED) is 0.571. The van der Waals surface area contributed by atoms with E-state index in [1.165, 1.54) is 6.07 Å². The highest BCUT2D eigenvalue weighted by atomic mass is 32.2. The summed E-state index contributed by atoms with van der Waals surface area (Å²) in [5.41, 5.74) is 2.13. The zero-order valence-corrected chi connectivity index (χ0v) is 18.5. The lowest BCUT2D eigenvalue weighted by molar-refractivity contribution is 0.0377. The van der Waals surface area contributed by atoms with Crippen LogP contribution < -0.4 is 10.0 Å². The summed E-state index contributed by atoms with van der Waals surface area (Å²) in [6.45, 7) is 10.2. The Morgan fingerprint density at radius 3 is 2.28 bits per heavy atom. The molecule has 7 heteroatoms. The molecule has 29 heavy (non-hydrogen) atoms. The number of rotatable bonds is 9. The van der Waals surface area contributed by atoms with Crippen molar-refractivity contribution < 1.29 is 17.9 Å². The van der Waals surface area contributed by atoms with Crippen molar-refractivity contribution in [1.29, 1.82) is 0 Å². The highest BCUT2D eigenvalue weighted by Gasteiger charge is 2.22. The normalized spacial score (nSPS) is 11.6. The summed E-state index contributed by atoms with van der Waals surface area (Å²) in [7, 11) is -3.91. The molecular weight excluding hydrogens is 388 g/mol. The number of benzene rings is 2. The van der Waals surface area contributed by atoms with Crippen LogP contribution in [0.15, 0.2) is 47.4 Å². The van der Waals surface area contributed by atoms with Crippen molar-refractivity contribution >= 4 is 27.4 Å². The van der Waals surface area contributed by atoms with Crippen LogP contribution in [0.25, 0.3) is 0 Å². The number of esters is 1. The van der Waals surface area contributed by atoms with Crippen molar-refractivity contribution in [1.82, 2.24) is 0 Å². The van der Waals surface area contributed by atoms with E-state index in [-0.39, 0.29) is 16.6 Å². The van der Waals surface area contributed by atoms with E-state index in [9.17, 15) is 13.2 Å². The SMILES string of the molecule is Cc1ccc(NS(=O)(=O)c2cc(C(=O)OC(C)C)ccc2NCCC(C)C)cc1. The molecule has 158 valence electrons. The Labute approximate surface area is 173 Å². The smallest absolute Gasteiger partial charge is 0.338 e. The second-order valence-corrected chi connectivity index (χ2v) is 9.40. The summed E-state index contributed by atoms with van der Waals surface area (Å²) in [6, 6.07) is 11.6. The van der Waals surface area contributed by atoms with Gasteiger partial charge in [0, 0.05) is 12.2 Å². The van der Waals surface area contributed by atoms with Crippen LogP contribution in [0.1, 0.15) is 50.0 Å². The van der Waals surface area contributed by atoms with Gasteiger partial charge in [0.2, 0.25) is 0 Å². The van der Waals surface area contributed by atoms with E-state index in [4.69, 9.17) is 4.74 Å². The van der Waals surface area contributed by atoms with E-state index in [0.717, 1.165) is 12.0 Å². The number of hydrogen-bond acceptors (Lipinski definition) is 5. The van der Waals surface area contributed by atoms with Gasteiger partial charge in [0.1, 0.15) is 4.90 Å². The summed E-state index contributed by atoms with van der Waals surface area (Å²) in [4.78, 5) is 12.3. The van der Waals surface area contributed by atoms with Gasteiger partial charge in [-0.15, -0.1) is 0 Å². The molecule has 0 saturated heterocycles. The van der Waals surface area contributed by atoms with Gasteiger partial charge < -0.3 is 10.1 Å². The third-order valence-corrected chi connectivity index (χ3v) is 5.61. The van der Waals surface area contributed by atoms with Crippen LogP contribution in [-0.2, 0) is 14.8 Å². The fourth-order valence-electron chi connectivity index (χ4n) is 2.63. The van der Waals surface area contributed by atoms with Crippen molar-refractivity contribution in [3.05, 3.63) is 53.6 Å². The summed E-state index contributed by atoms with van der Waals surface area (Å²) >= 11 is 0. The minimum atomic E-state index is -3.91. The molecule has 0 radical (unpaired) electrons. The first-order chi connectivity index (χ1) is 13.6. The van der Waals surface area contributed by atoms with E-state index < -0.39 is 16.0 Å². The molecule has 0 aliphatic heterocycles. The third kappa shape index (κ3) is 6.78. The molecule has 0 unspecified atom stereocenters. The van der Waals surface area contributed by atoms with Crippen LogP contribution in [0.2, 0.25) is 0 Å². The molecule has 0 atom stereocenters. The van der Waals surface area contributed by atoms with E-state index >= 15 is 0 Å². The molecule has 0 aliphatic rings. The number of ether oxygens (including phenoxy) is 1. The minimum absolute atomic E-state index is 0.0139. The van der Waals surface area contributed by atoms with Crippen LogP contribution in [-0.4, -0.2) is 27.0 Å². The van der Waals surface area contributed by atoms with Gasteiger partial charge in [-0.05, 0) is 63.4 Å². The minimum Gasteiger partial charge on any atom is -0.459 e. The molecule has 2 N–H and O–H groups in total. The van der Waals surface area contributed by atoms with E-state index in [0.29, 0.717) is 23.8 Å². The maximum atomic E-state index is 13.1. The Bertz CT molecular complexity index is 936. The van der Waals surface area contributed by atoms with Gasteiger partial charge in [0.25, 0.3) is 10.0 Å². The van der Waals surface area contributed by atoms with Crippen molar-refractivity contribution in [2.45, 2.75) is 52.0 Å². The second-order valence-electron chi connectivity index (χ2n) is 7.75. The largest absolute Gasteiger partial charge is 0.459 e. The predicted molar refractivity (Wildman–Crippen MR) is 117 cm³/mol. The molecule has 0 aliphatic carbocycles. The van der Waals surface area contributed by atoms with Gasteiger partial charge in [0.05, 0.1) is 17.4 Å². The topological polar surface area (TPSA) is 84.5 Å². The van der Waals surface area contributed by atoms with Crippen LogP contribution in [0.3, 0.4) is 0 Å². The number of carbonyl (C=O) groups excluding carboxylic acids is 1. The average molecular weight is 419 g/mol. The number of nitrogens with one attached hydrogen (secondary N) is 2. The Morgan fingerprint density at radius 1 is 1.03 bits per heavy atom. The summed E-state index contributed by atoms with van der Waals surface area (Å²) in [5, 5.41) is 3.18. The molecule has 2 rings (SSSR count). The highest BCUT2D eigenvalue weighted by molar-refractivity contribution is 7.92. The Hall–Kier alpha value is -2.54. The van der Waals surface area contributed by atoms with E-state index in [2.05, 4.69) is 23.9 Å². The first-order valence-corrected chi connectivity index (χ1v) is 11.2. The zero-order valence-electron chi connectivity index (χ0n) is 17.7. The number of aryl methyl sites for hydroxylation is 1. The van der Waals surface area contributed by atoms with Crippen LogP contribution in [0.5, 0.6) is 0 Å². The molecule has 2 aromatic rings. The number of anilines is 2. The van der Waals surface area contributed by atoms with Gasteiger partial charge in [-0.2, -0.15) is 0 Å². The number of hydrogen-bond donors (Lipinski definition) is 2. The molecule has 6 nitrogen and oxygen atoms in total.